The van der Waals surface area contributed by atoms with Crippen molar-refractivity contribution in [1.29, 1.82) is 0 Å². The van der Waals surface area contributed by atoms with Crippen molar-refractivity contribution < 1.29 is 9.90 Å². The Morgan fingerprint density at radius 3 is 2.73 bits per heavy atom. The van der Waals surface area contributed by atoms with Crippen molar-refractivity contribution in [2.24, 2.45) is 5.92 Å². The Morgan fingerprint density at radius 2 is 2.13 bits per heavy atom. The second kappa shape index (κ2) is 6.11. The van der Waals surface area contributed by atoms with E-state index in [0.29, 0.717) is 12.0 Å². The van der Waals surface area contributed by atoms with Gasteiger partial charge in [0.1, 0.15) is 0 Å². The second-order valence-electron chi connectivity index (χ2n) is 5.00. The van der Waals surface area contributed by atoms with Gasteiger partial charge in [-0.15, -0.1) is 0 Å². The van der Waals surface area contributed by atoms with Crippen molar-refractivity contribution >= 4 is 5.97 Å². The van der Waals surface area contributed by atoms with E-state index in [2.05, 4.69) is 18.7 Å². The molecule has 1 heterocycles. The third-order valence-corrected chi connectivity index (χ3v) is 3.08. The number of carboxylic acids is 1. The lowest BCUT2D eigenvalue weighted by molar-refractivity contribution is -0.139. The molecule has 0 amide bonds. The van der Waals surface area contributed by atoms with Crippen LogP contribution in [-0.4, -0.2) is 35.1 Å². The summed E-state index contributed by atoms with van der Waals surface area (Å²) >= 11 is 0. The lowest BCUT2D eigenvalue weighted by Crippen LogP contribution is -2.39. The van der Waals surface area contributed by atoms with E-state index in [1.165, 1.54) is 19.3 Å². The van der Waals surface area contributed by atoms with Crippen LogP contribution in [0, 0.1) is 5.92 Å². The molecule has 0 aromatic rings. The summed E-state index contributed by atoms with van der Waals surface area (Å²) in [6, 6.07) is 0.489. The van der Waals surface area contributed by atoms with Gasteiger partial charge in [-0.2, -0.15) is 0 Å². The van der Waals surface area contributed by atoms with Crippen molar-refractivity contribution in [3.05, 3.63) is 0 Å². The standard InChI is InChI=1S/C12H23NO2/c1-10(2)8-11-6-4-3-5-7-13(11)9-12(14)15/h10-11H,3-9H2,1-2H3,(H,14,15)/t11-/m1/s1. The van der Waals surface area contributed by atoms with Gasteiger partial charge in [-0.1, -0.05) is 26.7 Å². The molecule has 1 aliphatic rings. The van der Waals surface area contributed by atoms with Crippen LogP contribution in [0.15, 0.2) is 0 Å². The summed E-state index contributed by atoms with van der Waals surface area (Å²) in [6.07, 6.45) is 5.97. The molecular weight excluding hydrogens is 190 g/mol. The Labute approximate surface area is 92.5 Å². The maximum atomic E-state index is 10.8. The number of carbonyl (C=O) groups is 1. The SMILES string of the molecule is CC(C)C[C@H]1CCCCCN1CC(=O)O. The molecule has 3 nitrogen and oxygen atoms in total. The van der Waals surface area contributed by atoms with Crippen molar-refractivity contribution in [2.75, 3.05) is 13.1 Å². The molecule has 1 saturated heterocycles. The van der Waals surface area contributed by atoms with Crippen LogP contribution in [0.5, 0.6) is 0 Å². The minimum absolute atomic E-state index is 0.220. The van der Waals surface area contributed by atoms with E-state index < -0.39 is 5.97 Å². The van der Waals surface area contributed by atoms with E-state index >= 15 is 0 Å². The number of likely N-dealkylation sites (tertiary alicyclic amines) is 1. The molecule has 0 unspecified atom stereocenters. The molecule has 0 aromatic heterocycles. The summed E-state index contributed by atoms with van der Waals surface area (Å²) in [5.41, 5.74) is 0. The van der Waals surface area contributed by atoms with Gasteiger partial charge in [0.25, 0.3) is 0 Å². The molecule has 0 aliphatic carbocycles. The van der Waals surface area contributed by atoms with E-state index in [1.807, 2.05) is 0 Å². The van der Waals surface area contributed by atoms with Gasteiger partial charge in [0.05, 0.1) is 6.54 Å². The number of hydrogen-bond acceptors (Lipinski definition) is 2. The van der Waals surface area contributed by atoms with Gasteiger partial charge in [0, 0.05) is 6.04 Å². The lowest BCUT2D eigenvalue weighted by Gasteiger charge is -2.29. The zero-order valence-electron chi connectivity index (χ0n) is 9.91. The van der Waals surface area contributed by atoms with Crippen LogP contribution < -0.4 is 0 Å². The molecule has 0 radical (unpaired) electrons. The predicted molar refractivity (Wildman–Crippen MR) is 60.9 cm³/mol. The average Bonchev–Trinajstić information content (AvgIpc) is 2.30. The van der Waals surface area contributed by atoms with Gasteiger partial charge in [-0.3, -0.25) is 9.69 Å². The quantitative estimate of drug-likeness (QED) is 0.779. The number of carboxylic acid groups (broad SMARTS) is 1. The normalized spacial score (nSPS) is 24.1. The lowest BCUT2D eigenvalue weighted by atomic mass is 9.99. The van der Waals surface area contributed by atoms with Crippen LogP contribution >= 0.6 is 0 Å². The molecular formula is C12H23NO2. The summed E-state index contributed by atoms with van der Waals surface area (Å²) in [6.45, 7) is 5.61. The Bertz CT molecular complexity index is 204. The number of hydrogen-bond donors (Lipinski definition) is 1. The highest BCUT2D eigenvalue weighted by molar-refractivity contribution is 5.69. The fourth-order valence-electron chi connectivity index (χ4n) is 2.43. The van der Waals surface area contributed by atoms with E-state index in [9.17, 15) is 4.79 Å². The first kappa shape index (κ1) is 12.5. The summed E-state index contributed by atoms with van der Waals surface area (Å²) in [5.74, 6) is -0.0324. The monoisotopic (exact) mass is 213 g/mol. The summed E-state index contributed by atoms with van der Waals surface area (Å²) in [7, 11) is 0. The molecule has 15 heavy (non-hydrogen) atoms. The number of nitrogens with zero attached hydrogens (tertiary/aromatic N) is 1. The summed E-state index contributed by atoms with van der Waals surface area (Å²) in [4.78, 5) is 12.9. The Balaban J connectivity index is 2.54. The third kappa shape index (κ3) is 4.65. The van der Waals surface area contributed by atoms with E-state index in [4.69, 9.17) is 5.11 Å². The highest BCUT2D eigenvalue weighted by Crippen LogP contribution is 2.21. The predicted octanol–water partition coefficient (Wildman–Crippen LogP) is 2.36. The second-order valence-corrected chi connectivity index (χ2v) is 5.00. The van der Waals surface area contributed by atoms with Crippen molar-refractivity contribution in [1.82, 2.24) is 4.90 Å². The van der Waals surface area contributed by atoms with Crippen LogP contribution in [0.1, 0.15) is 46.0 Å². The number of aliphatic carboxylic acids is 1. The molecule has 3 heteroatoms. The highest BCUT2D eigenvalue weighted by Gasteiger charge is 2.23. The van der Waals surface area contributed by atoms with Gasteiger partial charge in [0.2, 0.25) is 0 Å². The van der Waals surface area contributed by atoms with Gasteiger partial charge in [-0.25, -0.2) is 0 Å². The van der Waals surface area contributed by atoms with Crippen LogP contribution in [0.4, 0.5) is 0 Å². The van der Waals surface area contributed by atoms with Crippen LogP contribution in [0.25, 0.3) is 0 Å². The van der Waals surface area contributed by atoms with E-state index in [0.717, 1.165) is 19.4 Å². The minimum Gasteiger partial charge on any atom is -0.480 e. The molecule has 0 spiro atoms. The van der Waals surface area contributed by atoms with Crippen LogP contribution in [0.2, 0.25) is 0 Å². The maximum absolute atomic E-state index is 10.8. The topological polar surface area (TPSA) is 40.5 Å². The van der Waals surface area contributed by atoms with E-state index in [-0.39, 0.29) is 6.54 Å². The molecule has 1 N–H and O–H groups in total. The van der Waals surface area contributed by atoms with Gasteiger partial charge in [0.15, 0.2) is 0 Å². The van der Waals surface area contributed by atoms with Crippen molar-refractivity contribution in [3.8, 4) is 0 Å². The molecule has 1 fully saturated rings. The third-order valence-electron chi connectivity index (χ3n) is 3.08. The highest BCUT2D eigenvalue weighted by atomic mass is 16.4. The summed E-state index contributed by atoms with van der Waals surface area (Å²) < 4.78 is 0. The molecule has 0 aromatic carbocycles. The fourth-order valence-corrected chi connectivity index (χ4v) is 2.43. The zero-order chi connectivity index (χ0) is 11.3. The minimum atomic E-state index is -0.689. The first-order chi connectivity index (χ1) is 7.09. The first-order valence-corrected chi connectivity index (χ1v) is 6.05. The molecule has 88 valence electrons. The Kier molecular flexibility index (Phi) is 5.09. The van der Waals surface area contributed by atoms with Gasteiger partial charge in [-0.05, 0) is 31.7 Å². The first-order valence-electron chi connectivity index (χ1n) is 6.05. The van der Waals surface area contributed by atoms with Crippen LogP contribution in [-0.2, 0) is 4.79 Å². The van der Waals surface area contributed by atoms with Crippen molar-refractivity contribution in [2.45, 2.75) is 52.0 Å². The van der Waals surface area contributed by atoms with Gasteiger partial charge < -0.3 is 5.11 Å². The molecule has 0 saturated carbocycles. The Morgan fingerprint density at radius 1 is 1.40 bits per heavy atom. The molecule has 1 aliphatic heterocycles. The van der Waals surface area contributed by atoms with E-state index in [1.54, 1.807) is 0 Å². The smallest absolute Gasteiger partial charge is 0.317 e. The fraction of sp³-hybridized carbons (Fsp3) is 0.917. The largest absolute Gasteiger partial charge is 0.480 e. The Hall–Kier alpha value is -0.570. The molecule has 1 rings (SSSR count). The van der Waals surface area contributed by atoms with Gasteiger partial charge >= 0.3 is 5.97 Å². The number of rotatable bonds is 4. The zero-order valence-corrected chi connectivity index (χ0v) is 9.91. The molecule has 0 bridgehead atoms. The summed E-state index contributed by atoms with van der Waals surface area (Å²) in [5, 5.41) is 8.87. The molecule has 1 atom stereocenters. The van der Waals surface area contributed by atoms with Crippen LogP contribution in [0.3, 0.4) is 0 Å². The average molecular weight is 213 g/mol. The maximum Gasteiger partial charge on any atom is 0.317 e. The van der Waals surface area contributed by atoms with Crippen molar-refractivity contribution in [3.63, 3.8) is 0 Å².